The molecule has 1 amide bonds. The SMILES string of the molecule is C[C@@H](NC(=O)C1CCN(Cc2nccn2C)CC1)c1ccc(F)c(F)c1. The number of hydrogen-bond acceptors (Lipinski definition) is 3. The number of piperidine rings is 1. The third kappa shape index (κ3) is 4.27. The van der Waals surface area contributed by atoms with Crippen LogP contribution < -0.4 is 5.32 Å². The van der Waals surface area contributed by atoms with Crippen LogP contribution in [0.2, 0.25) is 0 Å². The first kappa shape index (κ1) is 18.5. The van der Waals surface area contributed by atoms with Crippen molar-refractivity contribution in [2.45, 2.75) is 32.4 Å². The zero-order valence-corrected chi connectivity index (χ0v) is 15.1. The van der Waals surface area contributed by atoms with Crippen LogP contribution in [-0.4, -0.2) is 33.4 Å². The van der Waals surface area contributed by atoms with Crippen LogP contribution >= 0.6 is 0 Å². The summed E-state index contributed by atoms with van der Waals surface area (Å²) in [5, 5.41) is 2.92. The normalized spacial score (nSPS) is 17.2. The summed E-state index contributed by atoms with van der Waals surface area (Å²) in [5.41, 5.74) is 0.560. The minimum Gasteiger partial charge on any atom is -0.349 e. The van der Waals surface area contributed by atoms with E-state index in [2.05, 4.69) is 15.2 Å². The topological polar surface area (TPSA) is 50.2 Å². The Bertz CT molecular complexity index is 769. The smallest absolute Gasteiger partial charge is 0.223 e. The Morgan fingerprint density at radius 2 is 2.04 bits per heavy atom. The standard InChI is InChI=1S/C19H24F2N4O/c1-13(15-3-4-16(20)17(21)11-15)23-19(26)14-5-8-25(9-6-14)12-18-22-7-10-24(18)2/h3-4,7,10-11,13-14H,5-6,8-9,12H2,1-2H3,(H,23,26)/t13-/m1/s1. The molecule has 0 aliphatic carbocycles. The number of hydrogen-bond donors (Lipinski definition) is 1. The van der Waals surface area contributed by atoms with Crippen molar-refractivity contribution in [2.24, 2.45) is 13.0 Å². The Labute approximate surface area is 152 Å². The number of amides is 1. The van der Waals surface area contributed by atoms with E-state index in [-0.39, 0.29) is 17.9 Å². The van der Waals surface area contributed by atoms with Crippen molar-refractivity contribution in [1.29, 1.82) is 0 Å². The number of nitrogens with zero attached hydrogens (tertiary/aromatic N) is 3. The molecule has 0 spiro atoms. The van der Waals surface area contributed by atoms with Gasteiger partial charge in [0, 0.05) is 25.4 Å². The van der Waals surface area contributed by atoms with E-state index in [1.807, 2.05) is 17.8 Å². The predicted octanol–water partition coefficient (Wildman–Crippen LogP) is 2.79. The maximum absolute atomic E-state index is 13.4. The molecule has 7 heteroatoms. The van der Waals surface area contributed by atoms with E-state index in [9.17, 15) is 13.6 Å². The van der Waals surface area contributed by atoms with Crippen molar-refractivity contribution in [1.82, 2.24) is 19.8 Å². The van der Waals surface area contributed by atoms with Gasteiger partial charge in [-0.15, -0.1) is 0 Å². The Morgan fingerprint density at radius 1 is 1.31 bits per heavy atom. The minimum absolute atomic E-state index is 0.0288. The van der Waals surface area contributed by atoms with Crippen LogP contribution in [0.4, 0.5) is 8.78 Å². The Hall–Kier alpha value is -2.28. The van der Waals surface area contributed by atoms with E-state index in [0.717, 1.165) is 50.4 Å². The molecule has 26 heavy (non-hydrogen) atoms. The van der Waals surface area contributed by atoms with Crippen molar-refractivity contribution in [3.63, 3.8) is 0 Å². The van der Waals surface area contributed by atoms with Crippen LogP contribution in [0.3, 0.4) is 0 Å². The summed E-state index contributed by atoms with van der Waals surface area (Å²) >= 11 is 0. The molecule has 5 nitrogen and oxygen atoms in total. The van der Waals surface area contributed by atoms with Crippen molar-refractivity contribution in [2.75, 3.05) is 13.1 Å². The number of benzene rings is 1. The summed E-state index contributed by atoms with van der Waals surface area (Å²) in [5.74, 6) is -0.849. The van der Waals surface area contributed by atoms with Gasteiger partial charge in [0.15, 0.2) is 11.6 Å². The van der Waals surface area contributed by atoms with Gasteiger partial charge in [-0.25, -0.2) is 13.8 Å². The summed E-state index contributed by atoms with van der Waals surface area (Å²) in [4.78, 5) is 19.1. The third-order valence-electron chi connectivity index (χ3n) is 5.05. The molecule has 2 heterocycles. The molecule has 0 radical (unpaired) electrons. The highest BCUT2D eigenvalue weighted by Gasteiger charge is 2.26. The molecule has 140 valence electrons. The molecule has 0 unspecified atom stereocenters. The average molecular weight is 362 g/mol. The summed E-state index contributed by atoms with van der Waals surface area (Å²) in [6.45, 7) is 4.24. The molecule has 0 bridgehead atoms. The summed E-state index contributed by atoms with van der Waals surface area (Å²) in [6.07, 6.45) is 5.27. The number of carbonyl (C=O) groups is 1. The summed E-state index contributed by atoms with van der Waals surface area (Å²) in [6, 6.07) is 3.36. The lowest BCUT2D eigenvalue weighted by Gasteiger charge is -2.31. The lowest BCUT2D eigenvalue weighted by atomic mass is 9.95. The molecular weight excluding hydrogens is 338 g/mol. The summed E-state index contributed by atoms with van der Waals surface area (Å²) in [7, 11) is 1.97. The van der Waals surface area contributed by atoms with Crippen LogP contribution in [-0.2, 0) is 18.4 Å². The van der Waals surface area contributed by atoms with Crippen LogP contribution in [0.5, 0.6) is 0 Å². The number of aromatic nitrogens is 2. The molecule has 2 aromatic rings. The first-order valence-corrected chi connectivity index (χ1v) is 8.88. The number of halogens is 2. The van der Waals surface area contributed by atoms with Gasteiger partial charge < -0.3 is 9.88 Å². The fraction of sp³-hybridized carbons (Fsp3) is 0.474. The highest BCUT2D eigenvalue weighted by molar-refractivity contribution is 5.79. The van der Waals surface area contributed by atoms with Gasteiger partial charge in [0.25, 0.3) is 0 Å². The lowest BCUT2D eigenvalue weighted by molar-refractivity contribution is -0.127. The summed E-state index contributed by atoms with van der Waals surface area (Å²) < 4.78 is 28.4. The van der Waals surface area contributed by atoms with Gasteiger partial charge in [0.05, 0.1) is 12.6 Å². The van der Waals surface area contributed by atoms with E-state index in [1.54, 1.807) is 13.1 Å². The minimum atomic E-state index is -0.897. The van der Waals surface area contributed by atoms with Crippen LogP contribution in [0, 0.1) is 17.6 Å². The monoisotopic (exact) mass is 362 g/mol. The first-order chi connectivity index (χ1) is 12.4. The van der Waals surface area contributed by atoms with E-state index in [0.29, 0.717) is 5.56 Å². The fourth-order valence-electron chi connectivity index (χ4n) is 3.30. The maximum atomic E-state index is 13.4. The number of imidazole rings is 1. The number of nitrogens with one attached hydrogen (secondary N) is 1. The average Bonchev–Trinajstić information content (AvgIpc) is 3.02. The van der Waals surface area contributed by atoms with Gasteiger partial charge >= 0.3 is 0 Å². The third-order valence-corrected chi connectivity index (χ3v) is 5.05. The number of aryl methyl sites for hydroxylation is 1. The van der Waals surface area contributed by atoms with Crippen LogP contribution in [0.1, 0.15) is 37.2 Å². The molecule has 3 rings (SSSR count). The highest BCUT2D eigenvalue weighted by Crippen LogP contribution is 2.21. The predicted molar refractivity (Wildman–Crippen MR) is 94.1 cm³/mol. The van der Waals surface area contributed by atoms with E-state index < -0.39 is 11.6 Å². The Balaban J connectivity index is 1.50. The molecule has 0 saturated carbocycles. The molecule has 1 aromatic heterocycles. The quantitative estimate of drug-likeness (QED) is 0.890. The van der Waals surface area contributed by atoms with Crippen molar-refractivity contribution in [3.05, 3.63) is 53.6 Å². The van der Waals surface area contributed by atoms with Crippen molar-refractivity contribution >= 4 is 5.91 Å². The van der Waals surface area contributed by atoms with Crippen LogP contribution in [0.15, 0.2) is 30.6 Å². The maximum Gasteiger partial charge on any atom is 0.223 e. The first-order valence-electron chi connectivity index (χ1n) is 8.88. The molecule has 1 saturated heterocycles. The zero-order chi connectivity index (χ0) is 18.7. The second-order valence-corrected chi connectivity index (χ2v) is 6.91. The molecule has 1 atom stereocenters. The molecular formula is C19H24F2N4O. The van der Waals surface area contributed by atoms with Gasteiger partial charge in [-0.3, -0.25) is 9.69 Å². The van der Waals surface area contributed by atoms with Gasteiger partial charge in [0.1, 0.15) is 5.82 Å². The molecule has 1 fully saturated rings. The number of carbonyl (C=O) groups excluding carboxylic acids is 1. The van der Waals surface area contributed by atoms with E-state index >= 15 is 0 Å². The Kier molecular flexibility index (Phi) is 5.66. The zero-order valence-electron chi connectivity index (χ0n) is 15.1. The van der Waals surface area contributed by atoms with E-state index in [4.69, 9.17) is 0 Å². The lowest BCUT2D eigenvalue weighted by Crippen LogP contribution is -2.41. The van der Waals surface area contributed by atoms with Gasteiger partial charge in [-0.1, -0.05) is 6.07 Å². The van der Waals surface area contributed by atoms with E-state index in [1.165, 1.54) is 6.07 Å². The van der Waals surface area contributed by atoms with Crippen molar-refractivity contribution in [3.8, 4) is 0 Å². The molecule has 1 N–H and O–H groups in total. The molecule has 1 aliphatic rings. The second kappa shape index (κ2) is 7.95. The fourth-order valence-corrected chi connectivity index (χ4v) is 3.30. The molecule has 1 aliphatic heterocycles. The van der Waals surface area contributed by atoms with Gasteiger partial charge in [-0.05, 0) is 50.6 Å². The number of likely N-dealkylation sites (tertiary alicyclic amines) is 1. The van der Waals surface area contributed by atoms with Crippen LogP contribution in [0.25, 0.3) is 0 Å². The van der Waals surface area contributed by atoms with Gasteiger partial charge in [0.2, 0.25) is 5.91 Å². The second-order valence-electron chi connectivity index (χ2n) is 6.91. The Morgan fingerprint density at radius 3 is 2.65 bits per heavy atom. The van der Waals surface area contributed by atoms with Gasteiger partial charge in [-0.2, -0.15) is 0 Å². The molecule has 1 aromatic carbocycles. The number of rotatable bonds is 5. The largest absolute Gasteiger partial charge is 0.349 e. The van der Waals surface area contributed by atoms with Crippen molar-refractivity contribution < 1.29 is 13.6 Å². The highest BCUT2D eigenvalue weighted by atomic mass is 19.2.